The molecule has 0 saturated carbocycles. The SMILES string of the molecule is Cn1c(C(=O)O)cc2cc(-c3cc(NCCCN4CCCCC4)c4cnccc4n3)ccc21. The zero-order chi connectivity index (χ0) is 22.8. The van der Waals surface area contributed by atoms with Gasteiger partial charge in [0.05, 0.1) is 11.2 Å². The number of nitrogens with one attached hydrogen (secondary N) is 1. The number of aromatic carboxylic acids is 1. The number of anilines is 1. The molecule has 5 rings (SSSR count). The third-order valence-corrected chi connectivity index (χ3v) is 6.58. The average Bonchev–Trinajstić information content (AvgIpc) is 3.18. The summed E-state index contributed by atoms with van der Waals surface area (Å²) in [4.78, 5) is 23.2. The molecule has 0 atom stereocenters. The van der Waals surface area contributed by atoms with Gasteiger partial charge in [-0.05, 0) is 69.2 Å². The topological polar surface area (TPSA) is 83.3 Å². The number of benzene rings is 1. The van der Waals surface area contributed by atoms with Crippen molar-refractivity contribution in [3.05, 3.63) is 54.5 Å². The first kappa shape index (κ1) is 21.4. The number of fused-ring (bicyclic) bond motifs is 2. The summed E-state index contributed by atoms with van der Waals surface area (Å²) in [7, 11) is 1.78. The highest BCUT2D eigenvalue weighted by Crippen LogP contribution is 2.30. The highest BCUT2D eigenvalue weighted by Gasteiger charge is 2.14. The number of carboxylic acids is 1. The number of nitrogens with zero attached hydrogens (tertiary/aromatic N) is 4. The van der Waals surface area contributed by atoms with Crippen LogP contribution in [0.25, 0.3) is 33.1 Å². The minimum Gasteiger partial charge on any atom is -0.477 e. The number of hydrogen-bond donors (Lipinski definition) is 2. The van der Waals surface area contributed by atoms with Gasteiger partial charge >= 0.3 is 5.97 Å². The molecule has 1 fully saturated rings. The van der Waals surface area contributed by atoms with E-state index in [9.17, 15) is 9.90 Å². The van der Waals surface area contributed by atoms with Crippen LogP contribution in [0.5, 0.6) is 0 Å². The van der Waals surface area contributed by atoms with E-state index in [-0.39, 0.29) is 5.69 Å². The summed E-state index contributed by atoms with van der Waals surface area (Å²) in [5, 5.41) is 15.0. The lowest BCUT2D eigenvalue weighted by Crippen LogP contribution is -2.31. The van der Waals surface area contributed by atoms with E-state index in [0.29, 0.717) is 0 Å². The summed E-state index contributed by atoms with van der Waals surface area (Å²) in [6.07, 6.45) is 8.71. The van der Waals surface area contributed by atoms with Gasteiger partial charge in [-0.1, -0.05) is 12.5 Å². The minimum absolute atomic E-state index is 0.274. The highest BCUT2D eigenvalue weighted by molar-refractivity contribution is 5.97. The molecule has 0 radical (unpaired) electrons. The van der Waals surface area contributed by atoms with Crippen LogP contribution in [0.3, 0.4) is 0 Å². The summed E-state index contributed by atoms with van der Waals surface area (Å²) >= 11 is 0. The van der Waals surface area contributed by atoms with Gasteiger partial charge in [0.15, 0.2) is 0 Å². The zero-order valence-electron chi connectivity index (χ0n) is 18.9. The van der Waals surface area contributed by atoms with Crippen molar-refractivity contribution in [3.63, 3.8) is 0 Å². The van der Waals surface area contributed by atoms with Gasteiger partial charge in [0.1, 0.15) is 5.69 Å². The number of rotatable bonds is 7. The fourth-order valence-corrected chi connectivity index (χ4v) is 4.79. The van der Waals surface area contributed by atoms with Gasteiger partial charge in [-0.2, -0.15) is 0 Å². The molecule has 1 aliphatic rings. The van der Waals surface area contributed by atoms with Crippen LogP contribution in [0.1, 0.15) is 36.2 Å². The number of hydrogen-bond acceptors (Lipinski definition) is 5. The monoisotopic (exact) mass is 443 g/mol. The maximum absolute atomic E-state index is 11.5. The van der Waals surface area contributed by atoms with E-state index in [4.69, 9.17) is 4.98 Å². The Labute approximate surface area is 193 Å². The summed E-state index contributed by atoms with van der Waals surface area (Å²) in [6.45, 7) is 4.46. The Morgan fingerprint density at radius 3 is 2.79 bits per heavy atom. The van der Waals surface area contributed by atoms with Crippen molar-refractivity contribution in [1.82, 2.24) is 19.4 Å². The molecule has 3 aromatic heterocycles. The maximum Gasteiger partial charge on any atom is 0.352 e. The van der Waals surface area contributed by atoms with E-state index in [2.05, 4.69) is 21.3 Å². The molecule has 0 amide bonds. The van der Waals surface area contributed by atoms with Gasteiger partial charge in [-0.25, -0.2) is 9.78 Å². The standard InChI is InChI=1S/C26H29N5O2/c1-30-24-7-6-18(14-19(24)15-25(30)26(32)33)22-16-23(20-17-27-10-8-21(20)29-22)28-9-5-13-31-11-3-2-4-12-31/h6-8,10,14-17H,2-5,9,11-13H2,1H3,(H,28,29)(H,32,33). The van der Waals surface area contributed by atoms with Crippen LogP contribution >= 0.6 is 0 Å². The van der Waals surface area contributed by atoms with Crippen molar-refractivity contribution in [2.75, 3.05) is 31.5 Å². The second kappa shape index (κ2) is 9.19. The van der Waals surface area contributed by atoms with E-state index in [1.165, 1.54) is 32.4 Å². The molecule has 0 unspecified atom stereocenters. The van der Waals surface area contributed by atoms with Crippen molar-refractivity contribution in [2.45, 2.75) is 25.7 Å². The molecule has 1 aromatic carbocycles. The van der Waals surface area contributed by atoms with E-state index in [1.807, 2.05) is 30.5 Å². The van der Waals surface area contributed by atoms with Gasteiger partial charge in [0.2, 0.25) is 0 Å². The molecule has 4 heterocycles. The van der Waals surface area contributed by atoms with Crippen LogP contribution in [-0.2, 0) is 7.05 Å². The highest BCUT2D eigenvalue weighted by atomic mass is 16.4. The van der Waals surface area contributed by atoms with E-state index in [1.54, 1.807) is 23.9 Å². The van der Waals surface area contributed by atoms with Gasteiger partial charge in [0.25, 0.3) is 0 Å². The number of aryl methyl sites for hydroxylation is 1. The average molecular weight is 444 g/mol. The Balaban J connectivity index is 1.42. The fourth-order valence-electron chi connectivity index (χ4n) is 4.79. The first-order chi connectivity index (χ1) is 16.1. The van der Waals surface area contributed by atoms with Gasteiger partial charge in [-0.15, -0.1) is 0 Å². The number of piperidine rings is 1. The van der Waals surface area contributed by atoms with E-state index < -0.39 is 5.97 Å². The van der Waals surface area contributed by atoms with Crippen LogP contribution in [0, 0.1) is 0 Å². The number of carboxylic acid groups (broad SMARTS) is 1. The third-order valence-electron chi connectivity index (χ3n) is 6.58. The quantitative estimate of drug-likeness (QED) is 0.400. The largest absolute Gasteiger partial charge is 0.477 e. The number of pyridine rings is 2. The molecule has 4 aromatic rings. The predicted molar refractivity (Wildman–Crippen MR) is 132 cm³/mol. The molecule has 2 N–H and O–H groups in total. The van der Waals surface area contributed by atoms with Crippen molar-refractivity contribution in [3.8, 4) is 11.3 Å². The van der Waals surface area contributed by atoms with Gasteiger partial charge in [-0.3, -0.25) is 4.98 Å². The molecular formula is C26H29N5O2. The second-order valence-electron chi connectivity index (χ2n) is 8.80. The van der Waals surface area contributed by atoms with Gasteiger partial charge < -0.3 is 19.9 Å². The number of aromatic nitrogens is 3. The van der Waals surface area contributed by atoms with Crippen LogP contribution in [-0.4, -0.2) is 56.7 Å². The molecule has 33 heavy (non-hydrogen) atoms. The summed E-state index contributed by atoms with van der Waals surface area (Å²) in [5.74, 6) is -0.928. The minimum atomic E-state index is -0.928. The lowest BCUT2D eigenvalue weighted by atomic mass is 10.1. The molecule has 7 heteroatoms. The maximum atomic E-state index is 11.5. The zero-order valence-corrected chi connectivity index (χ0v) is 18.9. The Bertz CT molecular complexity index is 1310. The molecule has 1 aliphatic heterocycles. The lowest BCUT2D eigenvalue weighted by Gasteiger charge is -2.26. The van der Waals surface area contributed by atoms with Crippen LogP contribution in [0.4, 0.5) is 5.69 Å². The van der Waals surface area contributed by atoms with Crippen molar-refractivity contribution in [2.24, 2.45) is 7.05 Å². The molecule has 0 spiro atoms. The first-order valence-corrected chi connectivity index (χ1v) is 11.6. The van der Waals surface area contributed by atoms with E-state index in [0.717, 1.165) is 58.3 Å². The Morgan fingerprint density at radius 1 is 1.12 bits per heavy atom. The fraction of sp³-hybridized carbons (Fsp3) is 0.346. The smallest absolute Gasteiger partial charge is 0.352 e. The molecule has 0 bridgehead atoms. The normalized spacial score (nSPS) is 14.7. The van der Waals surface area contributed by atoms with Crippen molar-refractivity contribution < 1.29 is 9.90 Å². The van der Waals surface area contributed by atoms with Crippen LogP contribution in [0.15, 0.2) is 48.8 Å². The van der Waals surface area contributed by atoms with Crippen LogP contribution < -0.4 is 5.32 Å². The summed E-state index contributed by atoms with van der Waals surface area (Å²) in [5.41, 5.74) is 4.89. The van der Waals surface area contributed by atoms with Crippen LogP contribution in [0.2, 0.25) is 0 Å². The van der Waals surface area contributed by atoms with E-state index >= 15 is 0 Å². The van der Waals surface area contributed by atoms with Crippen molar-refractivity contribution >= 4 is 33.5 Å². The van der Waals surface area contributed by atoms with Gasteiger partial charge in [0, 0.05) is 53.5 Å². The number of carbonyl (C=O) groups is 1. The molecule has 170 valence electrons. The molecule has 1 saturated heterocycles. The summed E-state index contributed by atoms with van der Waals surface area (Å²) < 4.78 is 1.70. The third kappa shape index (κ3) is 4.41. The Morgan fingerprint density at radius 2 is 1.97 bits per heavy atom. The lowest BCUT2D eigenvalue weighted by molar-refractivity contribution is 0.0687. The number of likely N-dealkylation sites (tertiary alicyclic amines) is 1. The van der Waals surface area contributed by atoms with Crippen molar-refractivity contribution in [1.29, 1.82) is 0 Å². The summed E-state index contributed by atoms with van der Waals surface area (Å²) in [6, 6.07) is 11.7. The molecule has 7 nitrogen and oxygen atoms in total. The molecular weight excluding hydrogens is 414 g/mol. The Hall–Kier alpha value is -3.45. The molecule has 0 aliphatic carbocycles. The second-order valence-corrected chi connectivity index (χ2v) is 8.80. The predicted octanol–water partition coefficient (Wildman–Crippen LogP) is 4.77. The Kier molecular flexibility index (Phi) is 5.96. The first-order valence-electron chi connectivity index (χ1n) is 11.6.